The Bertz CT molecular complexity index is 552. The molecule has 3 rings (SSSR count). The Kier molecular flexibility index (Phi) is 3.55. The molecule has 3 N–H and O–H groups in total. The quantitative estimate of drug-likeness (QED) is 0.874. The highest BCUT2D eigenvalue weighted by atomic mass is 15.2. The van der Waals surface area contributed by atoms with Crippen LogP contribution in [0.2, 0.25) is 0 Å². The van der Waals surface area contributed by atoms with Crippen LogP contribution in [0.15, 0.2) is 24.4 Å². The molecular weight excluding hydrogens is 236 g/mol. The summed E-state index contributed by atoms with van der Waals surface area (Å²) in [5.74, 6) is 0. The fourth-order valence-corrected chi connectivity index (χ4v) is 2.88. The zero-order valence-corrected chi connectivity index (χ0v) is 11.5. The maximum Gasteiger partial charge on any atom is 0.0460 e. The highest BCUT2D eigenvalue weighted by Gasteiger charge is 2.16. The second kappa shape index (κ2) is 5.33. The fourth-order valence-electron chi connectivity index (χ4n) is 2.88. The second-order valence-corrected chi connectivity index (χ2v) is 5.44. The fraction of sp³-hybridized carbons (Fsp3) is 0.467. The first kappa shape index (κ1) is 12.7. The molecule has 0 atom stereocenters. The van der Waals surface area contributed by atoms with Crippen LogP contribution in [0.4, 0.5) is 0 Å². The number of aromatic amines is 1. The van der Waals surface area contributed by atoms with Crippen molar-refractivity contribution < 1.29 is 0 Å². The van der Waals surface area contributed by atoms with Crippen LogP contribution in [0.1, 0.15) is 11.1 Å². The summed E-state index contributed by atoms with van der Waals surface area (Å²) in [6.07, 6.45) is 2.14. The van der Waals surface area contributed by atoms with Crippen molar-refractivity contribution in [1.29, 1.82) is 0 Å². The van der Waals surface area contributed by atoms with Gasteiger partial charge in [0.25, 0.3) is 0 Å². The van der Waals surface area contributed by atoms with Gasteiger partial charge in [0.05, 0.1) is 0 Å². The van der Waals surface area contributed by atoms with Gasteiger partial charge in [-0.25, -0.2) is 0 Å². The van der Waals surface area contributed by atoms with E-state index in [0.717, 1.165) is 32.7 Å². The summed E-state index contributed by atoms with van der Waals surface area (Å²) in [4.78, 5) is 8.28. The van der Waals surface area contributed by atoms with Gasteiger partial charge in [0.2, 0.25) is 0 Å². The van der Waals surface area contributed by atoms with Crippen molar-refractivity contribution in [3.05, 3.63) is 35.5 Å². The lowest BCUT2D eigenvalue weighted by Gasteiger charge is -2.32. The average Bonchev–Trinajstić information content (AvgIpc) is 2.85. The summed E-state index contributed by atoms with van der Waals surface area (Å²) in [6.45, 7) is 6.23. The minimum Gasteiger partial charge on any atom is -0.361 e. The number of fused-ring (bicyclic) bond motifs is 1. The van der Waals surface area contributed by atoms with E-state index >= 15 is 0 Å². The van der Waals surface area contributed by atoms with Crippen molar-refractivity contribution in [1.82, 2.24) is 14.8 Å². The van der Waals surface area contributed by atoms with E-state index in [1.807, 2.05) is 0 Å². The summed E-state index contributed by atoms with van der Waals surface area (Å²) >= 11 is 0. The van der Waals surface area contributed by atoms with Gasteiger partial charge in [-0.05, 0) is 24.2 Å². The summed E-state index contributed by atoms with van der Waals surface area (Å²) < 4.78 is 0. The van der Waals surface area contributed by atoms with Gasteiger partial charge >= 0.3 is 0 Å². The highest BCUT2D eigenvalue weighted by molar-refractivity contribution is 5.86. The predicted molar refractivity (Wildman–Crippen MR) is 79.0 cm³/mol. The van der Waals surface area contributed by atoms with Crippen LogP contribution in [0.25, 0.3) is 10.9 Å². The largest absolute Gasteiger partial charge is 0.361 e. The number of benzene rings is 1. The second-order valence-electron chi connectivity index (χ2n) is 5.44. The smallest absolute Gasteiger partial charge is 0.0460 e. The molecule has 0 radical (unpaired) electrons. The van der Waals surface area contributed by atoms with Crippen LogP contribution in [-0.2, 0) is 13.1 Å². The lowest BCUT2D eigenvalue weighted by Crippen LogP contribution is -2.43. The Morgan fingerprint density at radius 3 is 2.68 bits per heavy atom. The molecule has 0 bridgehead atoms. The maximum absolute atomic E-state index is 5.86. The zero-order chi connectivity index (χ0) is 13.2. The topological polar surface area (TPSA) is 48.3 Å². The van der Waals surface area contributed by atoms with Gasteiger partial charge < -0.3 is 15.6 Å². The Hall–Kier alpha value is -1.36. The molecule has 19 heavy (non-hydrogen) atoms. The van der Waals surface area contributed by atoms with Crippen molar-refractivity contribution in [3.8, 4) is 0 Å². The molecule has 2 aromatic rings. The molecule has 1 aliphatic rings. The SMILES string of the molecule is CN1CCN(Cc2c[nH]c3cccc(CN)c23)CC1. The number of nitrogens with zero attached hydrogens (tertiary/aromatic N) is 2. The van der Waals surface area contributed by atoms with Crippen LogP contribution in [0.5, 0.6) is 0 Å². The Morgan fingerprint density at radius 1 is 1.16 bits per heavy atom. The number of rotatable bonds is 3. The van der Waals surface area contributed by atoms with Crippen LogP contribution in [0, 0.1) is 0 Å². The van der Waals surface area contributed by atoms with Crippen LogP contribution in [0.3, 0.4) is 0 Å². The first-order valence-electron chi connectivity index (χ1n) is 6.97. The van der Waals surface area contributed by atoms with Crippen molar-refractivity contribution in [2.24, 2.45) is 5.73 Å². The normalized spacial score (nSPS) is 18.2. The highest BCUT2D eigenvalue weighted by Crippen LogP contribution is 2.24. The van der Waals surface area contributed by atoms with Crippen molar-refractivity contribution in [2.75, 3.05) is 33.2 Å². The third-order valence-electron chi connectivity index (χ3n) is 4.08. The van der Waals surface area contributed by atoms with Crippen molar-refractivity contribution >= 4 is 10.9 Å². The van der Waals surface area contributed by atoms with Gasteiger partial charge in [0.15, 0.2) is 0 Å². The molecule has 1 aromatic heterocycles. The van der Waals surface area contributed by atoms with Crippen molar-refractivity contribution in [3.63, 3.8) is 0 Å². The minimum atomic E-state index is 0.602. The number of piperazine rings is 1. The number of nitrogens with two attached hydrogens (primary N) is 1. The molecule has 0 saturated carbocycles. The number of likely N-dealkylation sites (N-methyl/N-ethyl adjacent to an activating group) is 1. The van der Waals surface area contributed by atoms with E-state index in [-0.39, 0.29) is 0 Å². The van der Waals surface area contributed by atoms with Gasteiger partial charge in [-0.1, -0.05) is 12.1 Å². The molecule has 102 valence electrons. The third kappa shape index (κ3) is 2.52. The molecule has 4 heteroatoms. The molecule has 1 aromatic carbocycles. The van der Waals surface area contributed by atoms with Crippen LogP contribution < -0.4 is 5.73 Å². The summed E-state index contributed by atoms with van der Waals surface area (Å²) in [5.41, 5.74) is 9.68. The van der Waals surface area contributed by atoms with Gasteiger partial charge in [0, 0.05) is 56.4 Å². The zero-order valence-electron chi connectivity index (χ0n) is 11.5. The van der Waals surface area contributed by atoms with E-state index in [4.69, 9.17) is 5.73 Å². The van der Waals surface area contributed by atoms with E-state index < -0.39 is 0 Å². The standard InChI is InChI=1S/C15H22N4/c1-18-5-7-19(8-6-18)11-13-10-17-14-4-2-3-12(9-16)15(13)14/h2-4,10,17H,5-9,11,16H2,1H3. The first-order valence-corrected chi connectivity index (χ1v) is 6.97. The monoisotopic (exact) mass is 258 g/mol. The van der Waals surface area contributed by atoms with Crippen LogP contribution >= 0.6 is 0 Å². The molecule has 0 unspecified atom stereocenters. The number of hydrogen-bond acceptors (Lipinski definition) is 3. The molecule has 0 aliphatic carbocycles. The minimum absolute atomic E-state index is 0.602. The Balaban J connectivity index is 1.85. The number of nitrogens with one attached hydrogen (secondary N) is 1. The van der Waals surface area contributed by atoms with Crippen LogP contribution in [-0.4, -0.2) is 48.0 Å². The van der Waals surface area contributed by atoms with E-state index in [9.17, 15) is 0 Å². The predicted octanol–water partition coefficient (Wildman–Crippen LogP) is 1.37. The molecule has 1 fully saturated rings. The molecule has 0 spiro atoms. The molecule has 2 heterocycles. The van der Waals surface area contributed by atoms with E-state index in [0.29, 0.717) is 6.54 Å². The van der Waals surface area contributed by atoms with Gasteiger partial charge in [-0.15, -0.1) is 0 Å². The Labute approximate surface area is 114 Å². The van der Waals surface area contributed by atoms with Gasteiger partial charge in [-0.2, -0.15) is 0 Å². The Morgan fingerprint density at radius 2 is 1.95 bits per heavy atom. The van der Waals surface area contributed by atoms with Crippen molar-refractivity contribution in [2.45, 2.75) is 13.1 Å². The summed E-state index contributed by atoms with van der Waals surface area (Å²) in [7, 11) is 2.19. The average molecular weight is 258 g/mol. The van der Waals surface area contributed by atoms with Gasteiger partial charge in [0.1, 0.15) is 0 Å². The van der Waals surface area contributed by atoms with Gasteiger partial charge in [-0.3, -0.25) is 4.90 Å². The lowest BCUT2D eigenvalue weighted by molar-refractivity contribution is 0.148. The number of hydrogen-bond donors (Lipinski definition) is 2. The first-order chi connectivity index (χ1) is 9.28. The third-order valence-corrected chi connectivity index (χ3v) is 4.08. The molecular formula is C15H22N4. The van der Waals surface area contributed by atoms with E-state index in [1.165, 1.54) is 22.0 Å². The maximum atomic E-state index is 5.86. The molecule has 1 saturated heterocycles. The molecule has 1 aliphatic heterocycles. The number of H-pyrrole nitrogens is 1. The summed E-state index contributed by atoms with van der Waals surface area (Å²) in [6, 6.07) is 6.33. The molecule has 0 amide bonds. The number of aromatic nitrogens is 1. The lowest BCUT2D eigenvalue weighted by atomic mass is 10.1. The summed E-state index contributed by atoms with van der Waals surface area (Å²) in [5, 5.41) is 1.32. The molecule has 4 nitrogen and oxygen atoms in total. The van der Waals surface area contributed by atoms with E-state index in [1.54, 1.807) is 0 Å². The van der Waals surface area contributed by atoms with E-state index in [2.05, 4.69) is 46.2 Å².